The molecule has 0 spiro atoms. The third kappa shape index (κ3) is 3.92. The number of rotatable bonds is 5. The number of ether oxygens (including phenoxy) is 1. The summed E-state index contributed by atoms with van der Waals surface area (Å²) < 4.78 is 6.75. The number of nitrogen functional groups attached to an aromatic ring is 1. The lowest BCUT2D eigenvalue weighted by Crippen LogP contribution is -2.51. The zero-order valence-corrected chi connectivity index (χ0v) is 19.4. The number of aromatic nitrogens is 2. The number of fused-ring (bicyclic) bond motifs is 1. The minimum atomic E-state index is -0.186. The number of benzene rings is 1. The number of hydrogen-bond acceptors (Lipinski definition) is 6. The Labute approximate surface area is 193 Å². The summed E-state index contributed by atoms with van der Waals surface area (Å²) in [4.78, 5) is 6.20. The van der Waals surface area contributed by atoms with Crippen molar-refractivity contribution in [3.63, 3.8) is 0 Å². The summed E-state index contributed by atoms with van der Waals surface area (Å²) in [7, 11) is 0. The van der Waals surface area contributed by atoms with Crippen LogP contribution in [0.1, 0.15) is 55.2 Å². The Morgan fingerprint density at radius 3 is 2.58 bits per heavy atom. The monoisotopic (exact) mass is 450 g/mol. The number of H-pyrrole nitrogens is 1. The number of likely N-dealkylation sites (tertiary alicyclic amines) is 1. The molecule has 0 aliphatic carbocycles. The fraction of sp³-hybridized carbons (Fsp3) is 0.480. The van der Waals surface area contributed by atoms with Gasteiger partial charge in [-0.15, -0.1) is 0 Å². The van der Waals surface area contributed by atoms with Gasteiger partial charge in [0.15, 0.2) is 5.49 Å². The van der Waals surface area contributed by atoms with E-state index in [-0.39, 0.29) is 6.61 Å². The maximum Gasteiger partial charge on any atom is 0.175 e. The molecule has 8 nitrogen and oxygen atoms in total. The number of nitrogens with zero attached hydrogens (tertiary/aromatic N) is 3. The summed E-state index contributed by atoms with van der Waals surface area (Å²) in [6.45, 7) is 8.31. The van der Waals surface area contributed by atoms with Crippen molar-refractivity contribution in [3.8, 4) is 11.3 Å². The van der Waals surface area contributed by atoms with E-state index in [1.54, 1.807) is 0 Å². The highest BCUT2D eigenvalue weighted by Crippen LogP contribution is 2.38. The van der Waals surface area contributed by atoms with Crippen LogP contribution in [0, 0.1) is 0 Å². The van der Waals surface area contributed by atoms with Gasteiger partial charge in [-0.3, -0.25) is 4.90 Å². The van der Waals surface area contributed by atoms with Crippen LogP contribution >= 0.6 is 0 Å². The van der Waals surface area contributed by atoms with Gasteiger partial charge in [0.05, 0.1) is 31.6 Å². The number of nitrogens with one attached hydrogen (secondary N) is 1. The lowest BCUT2D eigenvalue weighted by atomic mass is 9.87. The Morgan fingerprint density at radius 1 is 1.21 bits per heavy atom. The third-order valence-corrected chi connectivity index (χ3v) is 7.30. The van der Waals surface area contributed by atoms with Crippen molar-refractivity contribution in [2.45, 2.75) is 51.2 Å². The van der Waals surface area contributed by atoms with Crippen molar-refractivity contribution < 1.29 is 9.84 Å². The first-order valence-electron chi connectivity index (χ1n) is 11.8. The molecule has 3 aromatic rings. The number of hydrogen-bond donors (Lipinski definition) is 4. The van der Waals surface area contributed by atoms with Gasteiger partial charge < -0.3 is 26.5 Å². The lowest BCUT2D eigenvalue weighted by Gasteiger charge is -2.41. The number of aliphatic hydroxyl groups excluding tert-OH is 1. The fourth-order valence-electron chi connectivity index (χ4n) is 5.41. The molecule has 6 N–H and O–H groups in total. The summed E-state index contributed by atoms with van der Waals surface area (Å²) in [5, 5.41) is 14.8. The molecule has 5 rings (SSSR count). The maximum absolute atomic E-state index is 9.81. The van der Waals surface area contributed by atoms with Crippen LogP contribution in [0.3, 0.4) is 0 Å². The Morgan fingerprint density at radius 2 is 1.97 bits per heavy atom. The third-order valence-electron chi connectivity index (χ3n) is 7.30. The van der Waals surface area contributed by atoms with E-state index in [4.69, 9.17) is 16.4 Å². The summed E-state index contributed by atoms with van der Waals surface area (Å²) in [6.07, 6.45) is 4.18. The molecule has 2 saturated heterocycles. The van der Waals surface area contributed by atoms with E-state index in [9.17, 15) is 5.11 Å². The van der Waals surface area contributed by atoms with Gasteiger partial charge in [-0.25, -0.2) is 4.68 Å². The first kappa shape index (κ1) is 22.0. The molecule has 2 fully saturated rings. The highest BCUT2D eigenvalue weighted by atomic mass is 16.5. The van der Waals surface area contributed by atoms with E-state index in [0.717, 1.165) is 43.1 Å². The second-order valence-corrected chi connectivity index (χ2v) is 9.65. The second-order valence-electron chi connectivity index (χ2n) is 9.65. The van der Waals surface area contributed by atoms with E-state index in [2.05, 4.69) is 47.0 Å². The molecule has 1 aromatic carbocycles. The van der Waals surface area contributed by atoms with Gasteiger partial charge in [0.2, 0.25) is 0 Å². The van der Waals surface area contributed by atoms with Crippen LogP contribution in [0.15, 0.2) is 35.6 Å². The average Bonchev–Trinajstić information content (AvgIpc) is 3.17. The molecule has 4 heterocycles. The molecule has 0 bridgehead atoms. The zero-order valence-electron chi connectivity index (χ0n) is 19.4. The van der Waals surface area contributed by atoms with Gasteiger partial charge in [0.1, 0.15) is 0 Å². The molecule has 0 radical (unpaired) electrons. The summed E-state index contributed by atoms with van der Waals surface area (Å²) in [5.41, 5.74) is 6.68. The van der Waals surface area contributed by atoms with Gasteiger partial charge in [-0.1, -0.05) is 19.9 Å². The van der Waals surface area contributed by atoms with E-state index < -0.39 is 0 Å². The topological polar surface area (TPSA) is 118 Å². The minimum absolute atomic E-state index is 0.186. The number of aromatic amines is 1. The molecular formula is C25H34N6O2. The fourth-order valence-corrected chi connectivity index (χ4v) is 5.41. The van der Waals surface area contributed by atoms with E-state index >= 15 is 0 Å². The van der Waals surface area contributed by atoms with E-state index in [0.29, 0.717) is 28.9 Å². The molecule has 176 valence electrons. The van der Waals surface area contributed by atoms with Crippen molar-refractivity contribution in [2.75, 3.05) is 32.1 Å². The van der Waals surface area contributed by atoms with Crippen LogP contribution in [-0.4, -0.2) is 52.0 Å². The molecule has 2 aromatic heterocycles. The molecule has 0 unspecified atom stereocenters. The van der Waals surface area contributed by atoms with Crippen LogP contribution in [0.25, 0.3) is 22.2 Å². The normalized spacial score (nSPS) is 19.0. The second kappa shape index (κ2) is 8.85. The van der Waals surface area contributed by atoms with Crippen molar-refractivity contribution in [2.24, 2.45) is 10.9 Å². The summed E-state index contributed by atoms with van der Waals surface area (Å²) in [5.74, 6) is 12.5. The van der Waals surface area contributed by atoms with Crippen LogP contribution in [0.5, 0.6) is 0 Å². The van der Waals surface area contributed by atoms with Gasteiger partial charge in [0.25, 0.3) is 0 Å². The first-order valence-corrected chi connectivity index (χ1v) is 11.8. The van der Waals surface area contributed by atoms with Crippen molar-refractivity contribution >= 4 is 10.9 Å². The predicted molar refractivity (Wildman–Crippen MR) is 130 cm³/mol. The number of pyridine rings is 1. The van der Waals surface area contributed by atoms with Crippen LogP contribution in [0.2, 0.25) is 0 Å². The van der Waals surface area contributed by atoms with E-state index in [1.165, 1.54) is 34.0 Å². The van der Waals surface area contributed by atoms with E-state index in [1.807, 2.05) is 12.3 Å². The zero-order chi connectivity index (χ0) is 23.1. The predicted octanol–water partition coefficient (Wildman–Crippen LogP) is 2.32. The Hall–Kier alpha value is -2.81. The average molecular weight is 451 g/mol. The largest absolute Gasteiger partial charge is 0.392 e. The van der Waals surface area contributed by atoms with Crippen molar-refractivity contribution in [1.82, 2.24) is 14.6 Å². The Kier molecular flexibility index (Phi) is 5.90. The van der Waals surface area contributed by atoms with Gasteiger partial charge in [-0.05, 0) is 67.1 Å². The highest BCUT2D eigenvalue weighted by molar-refractivity contribution is 5.92. The number of nitrogens with two attached hydrogens (primary N) is 2. The molecule has 2 aliphatic rings. The van der Waals surface area contributed by atoms with Gasteiger partial charge in [-0.2, -0.15) is 5.10 Å². The van der Waals surface area contributed by atoms with Crippen LogP contribution < -0.4 is 17.2 Å². The lowest BCUT2D eigenvalue weighted by molar-refractivity contribution is -0.0712. The van der Waals surface area contributed by atoms with Crippen LogP contribution in [-0.2, 0) is 11.3 Å². The number of aliphatic hydroxyl groups is 1. The molecule has 2 aliphatic heterocycles. The SMILES string of the molecule is CC(C)c1c(-c2cc(CO)/c(=N/N)n(N)c2)[nH]c2ccc(C3CCN(C4COC4)CC3)cc12. The summed E-state index contributed by atoms with van der Waals surface area (Å²) in [6, 6.07) is 9.40. The molecular weight excluding hydrogens is 416 g/mol. The van der Waals surface area contributed by atoms with Crippen molar-refractivity contribution in [3.05, 3.63) is 52.6 Å². The van der Waals surface area contributed by atoms with Gasteiger partial charge >= 0.3 is 0 Å². The first-order chi connectivity index (χ1) is 16.0. The molecule has 8 heteroatoms. The smallest absolute Gasteiger partial charge is 0.175 e. The Bertz CT molecular complexity index is 1220. The Balaban J connectivity index is 1.52. The number of piperidine rings is 1. The summed E-state index contributed by atoms with van der Waals surface area (Å²) >= 11 is 0. The molecule has 0 saturated carbocycles. The highest BCUT2D eigenvalue weighted by Gasteiger charge is 2.30. The molecule has 33 heavy (non-hydrogen) atoms. The molecule has 0 atom stereocenters. The van der Waals surface area contributed by atoms with Crippen LogP contribution in [0.4, 0.5) is 0 Å². The standard InChI is InChI=1S/C25H34N6O2/c1-15(2)23-21-10-17(16-5-7-30(8-6-16)20-13-33-14-20)3-4-22(21)28-24(23)18-9-19(12-32)25(29-26)31(27)11-18/h3-4,9-11,15-16,20,28,32H,5-8,12-14,26-27H2,1-2H3/b29-25-. The minimum Gasteiger partial charge on any atom is -0.392 e. The maximum atomic E-state index is 9.81. The quantitative estimate of drug-likeness (QED) is 0.351. The van der Waals surface area contributed by atoms with Gasteiger partial charge in [0, 0.05) is 28.2 Å². The molecule has 0 amide bonds. The van der Waals surface area contributed by atoms with Crippen molar-refractivity contribution in [1.29, 1.82) is 0 Å².